The van der Waals surface area contributed by atoms with Crippen LogP contribution in [-0.2, 0) is 0 Å². The minimum absolute atomic E-state index is 0.0828. The van der Waals surface area contributed by atoms with Gasteiger partial charge in [0.25, 0.3) is 5.91 Å². The van der Waals surface area contributed by atoms with Crippen LogP contribution in [0.25, 0.3) is 0 Å². The van der Waals surface area contributed by atoms with Crippen LogP contribution in [0.3, 0.4) is 0 Å². The number of aromatic hydroxyl groups is 1. The molecule has 0 saturated carbocycles. The number of rotatable bonds is 3. The van der Waals surface area contributed by atoms with E-state index in [1.54, 1.807) is 13.0 Å². The molecule has 0 atom stereocenters. The smallest absolute Gasteiger partial charge is 0.336 e. The standard InChI is InChI=1S/C15H12ClNO4/c1-8-10(15(20)21)3-2-4-13(8)17-14(19)11-7-9(18)5-6-12(11)16/h2-7,18H,1H3,(H,17,19)(H,20,21). The van der Waals surface area contributed by atoms with Crippen LogP contribution >= 0.6 is 11.6 Å². The maximum atomic E-state index is 12.2. The van der Waals surface area contributed by atoms with Crippen molar-refractivity contribution in [2.75, 3.05) is 5.32 Å². The number of phenols is 1. The number of hydrogen-bond donors (Lipinski definition) is 3. The second-order valence-corrected chi connectivity index (χ2v) is 4.81. The normalized spacial score (nSPS) is 10.2. The minimum Gasteiger partial charge on any atom is -0.508 e. The first-order chi connectivity index (χ1) is 9.90. The summed E-state index contributed by atoms with van der Waals surface area (Å²) in [4.78, 5) is 23.2. The second-order valence-electron chi connectivity index (χ2n) is 4.40. The van der Waals surface area contributed by atoms with Gasteiger partial charge in [-0.25, -0.2) is 4.79 Å². The third kappa shape index (κ3) is 3.14. The number of phenolic OH excluding ortho intramolecular Hbond substituents is 1. The van der Waals surface area contributed by atoms with E-state index in [4.69, 9.17) is 16.7 Å². The van der Waals surface area contributed by atoms with Crippen molar-refractivity contribution in [3.05, 3.63) is 58.1 Å². The number of carboxylic acids is 1. The molecular weight excluding hydrogens is 294 g/mol. The first kappa shape index (κ1) is 14.9. The third-order valence-electron chi connectivity index (χ3n) is 3.01. The van der Waals surface area contributed by atoms with Gasteiger partial charge in [-0.05, 0) is 42.8 Å². The summed E-state index contributed by atoms with van der Waals surface area (Å²) in [5.41, 5.74) is 1.03. The number of anilines is 1. The molecule has 0 unspecified atom stereocenters. The molecule has 2 aromatic rings. The third-order valence-corrected chi connectivity index (χ3v) is 3.34. The van der Waals surface area contributed by atoms with E-state index in [0.717, 1.165) is 0 Å². The predicted molar refractivity (Wildman–Crippen MR) is 79.2 cm³/mol. The molecular formula is C15H12ClNO4. The van der Waals surface area contributed by atoms with Gasteiger partial charge in [-0.3, -0.25) is 4.79 Å². The number of benzene rings is 2. The average Bonchev–Trinajstić information content (AvgIpc) is 2.43. The van der Waals surface area contributed by atoms with Gasteiger partial charge in [0, 0.05) is 5.69 Å². The van der Waals surface area contributed by atoms with Gasteiger partial charge < -0.3 is 15.5 Å². The lowest BCUT2D eigenvalue weighted by atomic mass is 10.1. The van der Waals surface area contributed by atoms with E-state index in [-0.39, 0.29) is 21.9 Å². The Labute approximate surface area is 125 Å². The number of halogens is 1. The van der Waals surface area contributed by atoms with Gasteiger partial charge in [0.2, 0.25) is 0 Å². The molecule has 0 aliphatic carbocycles. The fraction of sp³-hybridized carbons (Fsp3) is 0.0667. The predicted octanol–water partition coefficient (Wildman–Crippen LogP) is 3.30. The zero-order valence-electron chi connectivity index (χ0n) is 11.1. The number of hydrogen-bond acceptors (Lipinski definition) is 3. The highest BCUT2D eigenvalue weighted by Crippen LogP contribution is 2.24. The van der Waals surface area contributed by atoms with E-state index >= 15 is 0 Å². The molecule has 1 amide bonds. The van der Waals surface area contributed by atoms with Crippen LogP contribution in [0.1, 0.15) is 26.3 Å². The van der Waals surface area contributed by atoms with Crippen molar-refractivity contribution >= 4 is 29.2 Å². The van der Waals surface area contributed by atoms with Crippen molar-refractivity contribution in [3.63, 3.8) is 0 Å². The number of carbonyl (C=O) groups is 2. The van der Waals surface area contributed by atoms with Gasteiger partial charge in [0.15, 0.2) is 0 Å². The van der Waals surface area contributed by atoms with Crippen molar-refractivity contribution in [2.45, 2.75) is 6.92 Å². The molecule has 5 nitrogen and oxygen atoms in total. The summed E-state index contributed by atoms with van der Waals surface area (Å²) in [6.45, 7) is 1.60. The Morgan fingerprint density at radius 1 is 1.14 bits per heavy atom. The summed E-state index contributed by atoms with van der Waals surface area (Å²) in [6, 6.07) is 8.61. The SMILES string of the molecule is Cc1c(NC(=O)c2cc(O)ccc2Cl)cccc1C(=O)O. The van der Waals surface area contributed by atoms with Gasteiger partial charge in [-0.2, -0.15) is 0 Å². The van der Waals surface area contributed by atoms with E-state index in [1.807, 2.05) is 0 Å². The fourth-order valence-electron chi connectivity index (χ4n) is 1.88. The maximum Gasteiger partial charge on any atom is 0.336 e. The van der Waals surface area contributed by atoms with Gasteiger partial charge in [-0.1, -0.05) is 17.7 Å². The summed E-state index contributed by atoms with van der Waals surface area (Å²) < 4.78 is 0. The van der Waals surface area contributed by atoms with E-state index in [1.165, 1.54) is 30.3 Å². The first-order valence-corrected chi connectivity index (χ1v) is 6.40. The van der Waals surface area contributed by atoms with Gasteiger partial charge in [0.1, 0.15) is 5.75 Å². The minimum atomic E-state index is -1.07. The average molecular weight is 306 g/mol. The number of amides is 1. The molecule has 0 radical (unpaired) electrons. The molecule has 2 aromatic carbocycles. The summed E-state index contributed by atoms with van der Waals surface area (Å²) >= 11 is 5.91. The largest absolute Gasteiger partial charge is 0.508 e. The molecule has 21 heavy (non-hydrogen) atoms. The Kier molecular flexibility index (Phi) is 4.14. The maximum absolute atomic E-state index is 12.2. The van der Waals surface area contributed by atoms with E-state index in [0.29, 0.717) is 11.3 Å². The Hall–Kier alpha value is -2.53. The van der Waals surface area contributed by atoms with Crippen LogP contribution in [0.15, 0.2) is 36.4 Å². The lowest BCUT2D eigenvalue weighted by Crippen LogP contribution is -2.14. The van der Waals surface area contributed by atoms with Crippen molar-refractivity contribution in [2.24, 2.45) is 0 Å². The number of aromatic carboxylic acids is 1. The molecule has 3 N–H and O–H groups in total. The summed E-state index contributed by atoms with van der Waals surface area (Å²) in [6.07, 6.45) is 0. The van der Waals surface area contributed by atoms with Crippen LogP contribution in [0.5, 0.6) is 5.75 Å². The monoisotopic (exact) mass is 305 g/mol. The Bertz CT molecular complexity index is 728. The van der Waals surface area contributed by atoms with Crippen LogP contribution < -0.4 is 5.32 Å². The Balaban J connectivity index is 2.34. The number of carbonyl (C=O) groups excluding carboxylic acids is 1. The lowest BCUT2D eigenvalue weighted by Gasteiger charge is -2.11. The number of carboxylic acid groups (broad SMARTS) is 1. The molecule has 0 heterocycles. The highest BCUT2D eigenvalue weighted by Gasteiger charge is 2.15. The molecule has 0 aliphatic heterocycles. The van der Waals surface area contributed by atoms with Crippen LogP contribution in [-0.4, -0.2) is 22.1 Å². The summed E-state index contributed by atoms with van der Waals surface area (Å²) in [7, 11) is 0. The first-order valence-electron chi connectivity index (χ1n) is 6.03. The van der Waals surface area contributed by atoms with E-state index in [9.17, 15) is 14.7 Å². The lowest BCUT2D eigenvalue weighted by molar-refractivity contribution is 0.0695. The molecule has 0 fully saturated rings. The molecule has 0 aromatic heterocycles. The molecule has 2 rings (SSSR count). The highest BCUT2D eigenvalue weighted by atomic mass is 35.5. The zero-order valence-corrected chi connectivity index (χ0v) is 11.8. The fourth-order valence-corrected chi connectivity index (χ4v) is 2.08. The van der Waals surface area contributed by atoms with Crippen LogP contribution in [0.2, 0.25) is 5.02 Å². The van der Waals surface area contributed by atoms with Crippen LogP contribution in [0.4, 0.5) is 5.69 Å². The molecule has 0 bridgehead atoms. The quantitative estimate of drug-likeness (QED) is 0.812. The summed E-state index contributed by atoms with van der Waals surface area (Å²) in [5, 5.41) is 21.2. The van der Waals surface area contributed by atoms with Gasteiger partial charge in [-0.15, -0.1) is 0 Å². The second kappa shape index (κ2) is 5.85. The molecule has 6 heteroatoms. The van der Waals surface area contributed by atoms with Crippen molar-refractivity contribution in [1.29, 1.82) is 0 Å². The van der Waals surface area contributed by atoms with Gasteiger partial charge in [0.05, 0.1) is 16.1 Å². The van der Waals surface area contributed by atoms with E-state index in [2.05, 4.69) is 5.32 Å². The summed E-state index contributed by atoms with van der Waals surface area (Å²) in [5.74, 6) is -1.68. The Morgan fingerprint density at radius 2 is 1.86 bits per heavy atom. The molecule has 108 valence electrons. The highest BCUT2D eigenvalue weighted by molar-refractivity contribution is 6.34. The van der Waals surface area contributed by atoms with Gasteiger partial charge >= 0.3 is 5.97 Å². The zero-order chi connectivity index (χ0) is 15.6. The molecule has 0 spiro atoms. The van der Waals surface area contributed by atoms with Crippen molar-refractivity contribution < 1.29 is 19.8 Å². The molecule has 0 saturated heterocycles. The topological polar surface area (TPSA) is 86.6 Å². The Morgan fingerprint density at radius 3 is 2.52 bits per heavy atom. The molecule has 0 aliphatic rings. The van der Waals surface area contributed by atoms with E-state index < -0.39 is 11.9 Å². The van der Waals surface area contributed by atoms with Crippen LogP contribution in [0, 0.1) is 6.92 Å². The van der Waals surface area contributed by atoms with Crippen molar-refractivity contribution in [3.8, 4) is 5.75 Å². The van der Waals surface area contributed by atoms with Crippen molar-refractivity contribution in [1.82, 2.24) is 0 Å². The number of nitrogens with one attached hydrogen (secondary N) is 1.